The highest BCUT2D eigenvalue weighted by Gasteiger charge is 2.34. The van der Waals surface area contributed by atoms with Gasteiger partial charge in [-0.15, -0.1) is 0 Å². The Bertz CT molecular complexity index is 1140. The summed E-state index contributed by atoms with van der Waals surface area (Å²) in [5.74, 6) is -2.09. The summed E-state index contributed by atoms with van der Waals surface area (Å²) < 4.78 is 0. The second-order valence-corrected chi connectivity index (χ2v) is 6.39. The number of carbonyl (C=O) groups excluding carboxylic acids is 3. The molecule has 1 fully saturated rings. The molecule has 0 bridgehead atoms. The van der Waals surface area contributed by atoms with E-state index in [0.717, 1.165) is 37.9 Å². The van der Waals surface area contributed by atoms with Gasteiger partial charge in [-0.25, -0.2) is 4.79 Å². The summed E-state index contributed by atoms with van der Waals surface area (Å²) in [7, 11) is 0. The third-order valence-corrected chi connectivity index (χ3v) is 4.87. The maximum atomic E-state index is 12.1. The lowest BCUT2D eigenvalue weighted by Crippen LogP contribution is -2.56. The molecule has 3 aromatic carbocycles. The Labute approximate surface area is 149 Å². The van der Waals surface area contributed by atoms with Gasteiger partial charge in [0.25, 0.3) is 0 Å². The van der Waals surface area contributed by atoms with Crippen LogP contribution in [0.15, 0.2) is 43.0 Å². The van der Waals surface area contributed by atoms with Crippen molar-refractivity contribution in [2.45, 2.75) is 6.42 Å². The second kappa shape index (κ2) is 5.81. The summed E-state index contributed by atoms with van der Waals surface area (Å²) in [6, 6.07) is 11.0. The molecule has 2 N–H and O–H groups in total. The Hall–Kier alpha value is -3.47. The highest BCUT2D eigenvalue weighted by Crippen LogP contribution is 2.31. The molecule has 1 aliphatic heterocycles. The Morgan fingerprint density at radius 3 is 2.31 bits per heavy atom. The minimum atomic E-state index is -0.939. The van der Waals surface area contributed by atoms with Gasteiger partial charge in [0.05, 0.1) is 0 Å². The van der Waals surface area contributed by atoms with Crippen molar-refractivity contribution in [1.82, 2.24) is 10.6 Å². The summed E-state index contributed by atoms with van der Waals surface area (Å²) in [6.45, 7) is 8.00. The smallest absolute Gasteiger partial charge is 0.277 e. The van der Waals surface area contributed by atoms with Crippen molar-refractivity contribution in [2.75, 3.05) is 0 Å². The van der Waals surface area contributed by atoms with E-state index in [1.807, 2.05) is 36.4 Å². The van der Waals surface area contributed by atoms with Gasteiger partial charge in [-0.3, -0.25) is 20.2 Å². The summed E-state index contributed by atoms with van der Waals surface area (Å²) in [4.78, 5) is 35.4. The molecule has 26 heavy (non-hydrogen) atoms. The number of carbonyl (C=O) groups is 3. The number of rotatable bonds is 3. The minimum absolute atomic E-state index is 0.213. The molecular weight excluding hydrogens is 328 g/mol. The third-order valence-electron chi connectivity index (χ3n) is 4.87. The highest BCUT2D eigenvalue weighted by atomic mass is 16.2. The Morgan fingerprint density at radius 1 is 0.923 bits per heavy atom. The van der Waals surface area contributed by atoms with Gasteiger partial charge in [0, 0.05) is 0 Å². The van der Waals surface area contributed by atoms with Crippen LogP contribution in [0.1, 0.15) is 11.1 Å². The average Bonchev–Trinajstić information content (AvgIpc) is 2.61. The number of hydrogen-bond acceptors (Lipinski definition) is 3. The zero-order chi connectivity index (χ0) is 18.4. The lowest BCUT2D eigenvalue weighted by Gasteiger charge is -2.21. The maximum absolute atomic E-state index is 12.1. The van der Waals surface area contributed by atoms with E-state index in [0.29, 0.717) is 0 Å². The normalized spacial score (nSPS) is 15.3. The van der Waals surface area contributed by atoms with Crippen molar-refractivity contribution in [3.05, 3.63) is 59.3 Å². The van der Waals surface area contributed by atoms with E-state index in [1.165, 1.54) is 0 Å². The van der Waals surface area contributed by atoms with E-state index < -0.39 is 23.8 Å². The van der Waals surface area contributed by atoms with Crippen molar-refractivity contribution in [1.29, 1.82) is 0 Å². The van der Waals surface area contributed by atoms with Crippen LogP contribution in [0.4, 0.5) is 4.79 Å². The molecule has 5 heteroatoms. The monoisotopic (exact) mass is 344 g/mol. The average molecular weight is 344 g/mol. The van der Waals surface area contributed by atoms with Crippen molar-refractivity contribution >= 4 is 52.0 Å². The Morgan fingerprint density at radius 2 is 1.62 bits per heavy atom. The van der Waals surface area contributed by atoms with Gasteiger partial charge in [0.2, 0.25) is 11.8 Å². The van der Waals surface area contributed by atoms with Crippen LogP contribution in [0.25, 0.3) is 34.2 Å². The Balaban J connectivity index is 1.90. The fourth-order valence-corrected chi connectivity index (χ4v) is 3.61. The zero-order valence-electron chi connectivity index (χ0n) is 14.0. The first-order valence-electron chi connectivity index (χ1n) is 8.23. The first-order valence-corrected chi connectivity index (χ1v) is 8.23. The van der Waals surface area contributed by atoms with Crippen molar-refractivity contribution in [3.63, 3.8) is 0 Å². The fraction of sp³-hybridized carbons (Fsp3) is 0.0952. The van der Waals surface area contributed by atoms with E-state index in [1.54, 1.807) is 6.08 Å². The molecule has 128 valence electrons. The van der Waals surface area contributed by atoms with Gasteiger partial charge < -0.3 is 0 Å². The van der Waals surface area contributed by atoms with Crippen molar-refractivity contribution < 1.29 is 14.4 Å². The summed E-state index contributed by atoms with van der Waals surface area (Å²) in [6.07, 6.45) is 2.01. The van der Waals surface area contributed by atoms with Crippen LogP contribution in [-0.2, 0) is 16.0 Å². The number of urea groups is 1. The molecule has 5 nitrogen and oxygen atoms in total. The van der Waals surface area contributed by atoms with Crippen LogP contribution >= 0.6 is 0 Å². The second-order valence-electron chi connectivity index (χ2n) is 6.39. The molecule has 4 rings (SSSR count). The predicted octanol–water partition coefficient (Wildman–Crippen LogP) is 2.29. The third kappa shape index (κ3) is 2.37. The molecule has 1 heterocycles. The molecule has 0 unspecified atom stereocenters. The summed E-state index contributed by atoms with van der Waals surface area (Å²) in [5.41, 5.74) is 1.86. The molecule has 3 aromatic rings. The molecule has 0 atom stereocenters. The minimum Gasteiger partial charge on any atom is -0.277 e. The number of imide groups is 2. The van der Waals surface area contributed by atoms with Crippen LogP contribution < -0.4 is 15.9 Å². The van der Waals surface area contributed by atoms with Gasteiger partial charge in [-0.05, 0) is 44.3 Å². The molecule has 1 saturated heterocycles. The fourth-order valence-electron chi connectivity index (χ4n) is 3.61. The summed E-state index contributed by atoms with van der Waals surface area (Å²) >= 11 is 0. The number of benzene rings is 3. The highest BCUT2D eigenvalue weighted by molar-refractivity contribution is 6.17. The van der Waals surface area contributed by atoms with Crippen LogP contribution in [0.5, 0.6) is 0 Å². The van der Waals surface area contributed by atoms with Crippen LogP contribution in [-0.4, -0.2) is 17.8 Å². The zero-order valence-corrected chi connectivity index (χ0v) is 14.0. The molecular formula is C21H16N2O3. The lowest BCUT2D eigenvalue weighted by molar-refractivity contribution is -0.135. The SMILES string of the molecule is C=Cc1ccc2c(CC3C(=O)NC(=O)NC3=O)ccc3ccc(=C)c1c32. The van der Waals surface area contributed by atoms with Crippen molar-refractivity contribution in [3.8, 4) is 0 Å². The number of hydrogen-bond donors (Lipinski definition) is 2. The summed E-state index contributed by atoms with van der Waals surface area (Å²) in [5, 5.41) is 9.28. The van der Waals surface area contributed by atoms with Gasteiger partial charge >= 0.3 is 6.03 Å². The van der Waals surface area contributed by atoms with Gasteiger partial charge in [0.15, 0.2) is 0 Å². The number of nitrogens with one attached hydrogen (secondary N) is 2. The number of amides is 4. The maximum Gasteiger partial charge on any atom is 0.328 e. The first kappa shape index (κ1) is 16.0. The quantitative estimate of drug-likeness (QED) is 0.716. The van der Waals surface area contributed by atoms with E-state index in [-0.39, 0.29) is 6.42 Å². The molecule has 0 aliphatic carbocycles. The lowest BCUT2D eigenvalue weighted by atomic mass is 9.88. The molecule has 0 spiro atoms. The van der Waals surface area contributed by atoms with Crippen molar-refractivity contribution in [2.24, 2.45) is 5.92 Å². The predicted molar refractivity (Wildman–Crippen MR) is 101 cm³/mol. The number of barbiturate groups is 1. The molecule has 0 saturated carbocycles. The van der Waals surface area contributed by atoms with E-state index in [4.69, 9.17) is 0 Å². The van der Waals surface area contributed by atoms with Crippen LogP contribution in [0.3, 0.4) is 0 Å². The molecule has 0 aromatic heterocycles. The van der Waals surface area contributed by atoms with Crippen LogP contribution in [0.2, 0.25) is 0 Å². The molecule has 0 radical (unpaired) electrons. The topological polar surface area (TPSA) is 75.3 Å². The molecule has 4 amide bonds. The first-order chi connectivity index (χ1) is 12.5. The van der Waals surface area contributed by atoms with Gasteiger partial charge in [0.1, 0.15) is 5.92 Å². The van der Waals surface area contributed by atoms with E-state index in [2.05, 4.69) is 23.8 Å². The van der Waals surface area contributed by atoms with Gasteiger partial charge in [-0.2, -0.15) is 0 Å². The standard InChI is InChI=1S/C21H16N2O3/c1-3-12-8-9-15-14(10-16-19(24)22-21(26)23-20(16)25)7-6-13-5-4-11(2)17(12)18(13)15/h3-9,16H,1-2,10H2,(H2,22,23,24,25,26). The van der Waals surface area contributed by atoms with E-state index >= 15 is 0 Å². The van der Waals surface area contributed by atoms with Crippen LogP contribution in [0, 0.1) is 5.92 Å². The van der Waals surface area contributed by atoms with Gasteiger partial charge in [-0.1, -0.05) is 55.6 Å². The molecule has 1 aliphatic rings. The Kier molecular flexibility index (Phi) is 3.58. The van der Waals surface area contributed by atoms with E-state index in [9.17, 15) is 14.4 Å². The largest absolute Gasteiger partial charge is 0.328 e.